The molecule has 3 aromatic rings. The number of carbonyl (C=O) groups is 1. The first kappa shape index (κ1) is 15.7. The number of para-hydroxylation sites is 1. The van der Waals surface area contributed by atoms with E-state index in [1.165, 1.54) is 6.07 Å². The van der Waals surface area contributed by atoms with Gasteiger partial charge in [0.25, 0.3) is 0 Å². The van der Waals surface area contributed by atoms with Gasteiger partial charge in [0.1, 0.15) is 5.75 Å². The van der Waals surface area contributed by atoms with Gasteiger partial charge in [-0.2, -0.15) is 0 Å². The molecule has 116 valence electrons. The molecule has 0 aliphatic heterocycles. The summed E-state index contributed by atoms with van der Waals surface area (Å²) in [5.74, 6) is -0.354. The highest BCUT2D eigenvalue weighted by Crippen LogP contribution is 2.42. The van der Waals surface area contributed by atoms with E-state index in [4.69, 9.17) is 27.9 Å². The van der Waals surface area contributed by atoms with Crippen LogP contribution in [-0.2, 0) is 0 Å². The molecule has 0 saturated heterocycles. The quantitative estimate of drug-likeness (QED) is 0.678. The zero-order valence-electron chi connectivity index (χ0n) is 12.1. The number of benzene rings is 3. The number of aromatic carboxylic acids is 1. The molecule has 0 aliphatic rings. The molecule has 0 aliphatic carbocycles. The van der Waals surface area contributed by atoms with Gasteiger partial charge in [-0.1, -0.05) is 47.5 Å². The average molecular weight is 347 g/mol. The Balaban J connectivity index is 2.43. The van der Waals surface area contributed by atoms with E-state index in [1.54, 1.807) is 25.3 Å². The molecule has 5 heteroatoms. The average Bonchev–Trinajstić information content (AvgIpc) is 2.54. The second-order valence-electron chi connectivity index (χ2n) is 4.98. The van der Waals surface area contributed by atoms with Crippen molar-refractivity contribution in [1.82, 2.24) is 0 Å². The summed E-state index contributed by atoms with van der Waals surface area (Å²) in [7, 11) is 1.58. The van der Waals surface area contributed by atoms with Gasteiger partial charge >= 0.3 is 5.97 Å². The molecule has 0 amide bonds. The topological polar surface area (TPSA) is 46.5 Å². The monoisotopic (exact) mass is 346 g/mol. The Kier molecular flexibility index (Phi) is 4.16. The number of carboxylic acid groups (broad SMARTS) is 1. The molecule has 23 heavy (non-hydrogen) atoms. The fraction of sp³-hybridized carbons (Fsp3) is 0.0556. The van der Waals surface area contributed by atoms with Gasteiger partial charge in [-0.3, -0.25) is 0 Å². The van der Waals surface area contributed by atoms with Gasteiger partial charge in [0.2, 0.25) is 0 Å². The number of hydrogen-bond acceptors (Lipinski definition) is 2. The number of hydrogen-bond donors (Lipinski definition) is 1. The Morgan fingerprint density at radius 2 is 1.74 bits per heavy atom. The summed E-state index contributed by atoms with van der Waals surface area (Å²) >= 11 is 12.7. The van der Waals surface area contributed by atoms with Crippen LogP contribution < -0.4 is 4.74 Å². The van der Waals surface area contributed by atoms with Crippen molar-refractivity contribution in [3.05, 3.63) is 64.1 Å². The molecular weight excluding hydrogens is 335 g/mol. The van der Waals surface area contributed by atoms with Crippen molar-refractivity contribution in [3.8, 4) is 16.9 Å². The zero-order chi connectivity index (χ0) is 16.6. The van der Waals surface area contributed by atoms with E-state index in [0.29, 0.717) is 26.7 Å². The van der Waals surface area contributed by atoms with Gasteiger partial charge in [0.15, 0.2) is 0 Å². The van der Waals surface area contributed by atoms with Crippen molar-refractivity contribution in [2.75, 3.05) is 7.11 Å². The minimum atomic E-state index is -1.01. The fourth-order valence-electron chi connectivity index (χ4n) is 2.61. The summed E-state index contributed by atoms with van der Waals surface area (Å²) in [6, 6.07) is 13.9. The molecule has 0 spiro atoms. The second-order valence-corrected chi connectivity index (χ2v) is 5.80. The van der Waals surface area contributed by atoms with Gasteiger partial charge in [0, 0.05) is 21.5 Å². The molecule has 0 atom stereocenters. The first-order chi connectivity index (χ1) is 11.0. The number of methoxy groups -OCH3 is 1. The fourth-order valence-corrected chi connectivity index (χ4v) is 3.25. The molecular formula is C18H12Cl2O3. The summed E-state index contributed by atoms with van der Waals surface area (Å²) in [5.41, 5.74) is 1.66. The highest BCUT2D eigenvalue weighted by atomic mass is 35.5. The van der Waals surface area contributed by atoms with Crippen LogP contribution in [0.5, 0.6) is 5.75 Å². The van der Waals surface area contributed by atoms with E-state index in [9.17, 15) is 9.90 Å². The third kappa shape index (κ3) is 2.74. The number of carboxylic acids is 1. The van der Waals surface area contributed by atoms with E-state index >= 15 is 0 Å². The first-order valence-corrected chi connectivity index (χ1v) is 7.57. The molecule has 3 rings (SSSR count). The van der Waals surface area contributed by atoms with Crippen LogP contribution in [0.15, 0.2) is 48.5 Å². The lowest BCUT2D eigenvalue weighted by atomic mass is 9.96. The lowest BCUT2D eigenvalue weighted by Gasteiger charge is -2.14. The van der Waals surface area contributed by atoms with Gasteiger partial charge in [-0.15, -0.1) is 0 Å². The highest BCUT2D eigenvalue weighted by molar-refractivity contribution is 6.41. The number of fused-ring (bicyclic) bond motifs is 1. The number of halogens is 2. The van der Waals surface area contributed by atoms with Crippen LogP contribution in [0.3, 0.4) is 0 Å². The van der Waals surface area contributed by atoms with Gasteiger partial charge in [-0.05, 0) is 29.7 Å². The number of ether oxygens (including phenoxy) is 1. The van der Waals surface area contributed by atoms with Gasteiger partial charge in [0.05, 0.1) is 17.7 Å². The van der Waals surface area contributed by atoms with Crippen LogP contribution in [0.1, 0.15) is 10.4 Å². The predicted molar refractivity (Wildman–Crippen MR) is 92.9 cm³/mol. The molecule has 0 bridgehead atoms. The van der Waals surface area contributed by atoms with Gasteiger partial charge in [-0.25, -0.2) is 4.79 Å². The maximum atomic E-state index is 11.3. The Morgan fingerprint density at radius 3 is 2.43 bits per heavy atom. The molecule has 0 radical (unpaired) electrons. The molecule has 0 heterocycles. The van der Waals surface area contributed by atoms with Crippen LogP contribution >= 0.6 is 23.2 Å². The molecule has 1 N–H and O–H groups in total. The number of rotatable bonds is 3. The molecule has 0 fully saturated rings. The molecule has 0 aromatic heterocycles. The lowest BCUT2D eigenvalue weighted by molar-refractivity contribution is 0.0697. The first-order valence-electron chi connectivity index (χ1n) is 6.81. The summed E-state index contributed by atoms with van der Waals surface area (Å²) in [6.07, 6.45) is 0. The van der Waals surface area contributed by atoms with Crippen molar-refractivity contribution in [1.29, 1.82) is 0 Å². The van der Waals surface area contributed by atoms with Crippen molar-refractivity contribution >= 4 is 39.9 Å². The Bertz CT molecular complexity index is 920. The Hall–Kier alpha value is -2.23. The van der Waals surface area contributed by atoms with Crippen LogP contribution in [0, 0.1) is 0 Å². The van der Waals surface area contributed by atoms with Crippen molar-refractivity contribution in [2.45, 2.75) is 0 Å². The van der Waals surface area contributed by atoms with E-state index in [-0.39, 0.29) is 5.56 Å². The van der Waals surface area contributed by atoms with Crippen LogP contribution in [0.2, 0.25) is 10.0 Å². The zero-order valence-corrected chi connectivity index (χ0v) is 13.7. The minimum Gasteiger partial charge on any atom is -0.496 e. The second kappa shape index (κ2) is 6.11. The van der Waals surface area contributed by atoms with Crippen LogP contribution in [0.25, 0.3) is 21.9 Å². The highest BCUT2D eigenvalue weighted by Gasteiger charge is 2.17. The summed E-state index contributed by atoms with van der Waals surface area (Å²) in [6.45, 7) is 0. The van der Waals surface area contributed by atoms with Gasteiger partial charge < -0.3 is 9.84 Å². The maximum Gasteiger partial charge on any atom is 0.335 e. The third-order valence-electron chi connectivity index (χ3n) is 3.66. The SMILES string of the molecule is COc1ccccc1-c1c(Cl)cc(Cl)c2ccc(C(=O)O)cc12. The lowest BCUT2D eigenvalue weighted by Crippen LogP contribution is -1.97. The summed E-state index contributed by atoms with van der Waals surface area (Å²) < 4.78 is 5.40. The molecule has 3 aromatic carbocycles. The predicted octanol–water partition coefficient (Wildman–Crippen LogP) is 5.52. The van der Waals surface area contributed by atoms with E-state index < -0.39 is 5.97 Å². The summed E-state index contributed by atoms with van der Waals surface area (Å²) in [4.78, 5) is 11.3. The smallest absolute Gasteiger partial charge is 0.335 e. The van der Waals surface area contributed by atoms with Crippen LogP contribution in [0.4, 0.5) is 0 Å². The van der Waals surface area contributed by atoms with Crippen LogP contribution in [-0.4, -0.2) is 18.2 Å². The van der Waals surface area contributed by atoms with E-state index in [2.05, 4.69) is 0 Å². The van der Waals surface area contributed by atoms with Crippen molar-refractivity contribution in [3.63, 3.8) is 0 Å². The summed E-state index contributed by atoms with van der Waals surface area (Å²) in [5, 5.41) is 11.6. The maximum absolute atomic E-state index is 11.3. The molecule has 0 unspecified atom stereocenters. The third-order valence-corrected chi connectivity index (χ3v) is 4.27. The largest absolute Gasteiger partial charge is 0.496 e. The van der Waals surface area contributed by atoms with E-state index in [0.717, 1.165) is 10.9 Å². The minimum absolute atomic E-state index is 0.173. The van der Waals surface area contributed by atoms with Crippen molar-refractivity contribution in [2.24, 2.45) is 0 Å². The Labute approximate surface area is 143 Å². The normalized spacial score (nSPS) is 10.7. The Morgan fingerprint density at radius 1 is 1.00 bits per heavy atom. The van der Waals surface area contributed by atoms with E-state index in [1.807, 2.05) is 24.3 Å². The molecule has 0 saturated carbocycles. The molecule has 3 nitrogen and oxygen atoms in total. The van der Waals surface area contributed by atoms with Crippen molar-refractivity contribution < 1.29 is 14.6 Å². The standard InChI is InChI=1S/C18H12Cl2O3/c1-23-16-5-3-2-4-12(16)17-13-8-10(18(21)22)6-7-11(13)14(19)9-15(17)20/h2-9H,1H3,(H,21,22).